The van der Waals surface area contributed by atoms with Gasteiger partial charge in [-0.2, -0.15) is 0 Å². The van der Waals surface area contributed by atoms with Crippen molar-refractivity contribution >= 4 is 0 Å². The fourth-order valence-electron chi connectivity index (χ4n) is 0.390. The van der Waals surface area contributed by atoms with Gasteiger partial charge in [-0.1, -0.05) is 6.08 Å². The molecule has 0 aliphatic heterocycles. The molecule has 56 valence electrons. The van der Waals surface area contributed by atoms with Crippen LogP contribution >= 0.6 is 0 Å². The van der Waals surface area contributed by atoms with E-state index >= 15 is 0 Å². The quantitative estimate of drug-likeness (QED) is 0.250. The van der Waals surface area contributed by atoms with Crippen molar-refractivity contribution in [1.82, 2.24) is 0 Å². The van der Waals surface area contributed by atoms with Gasteiger partial charge in [0.15, 0.2) is 0 Å². The number of nitro groups is 2. The lowest BCUT2D eigenvalue weighted by atomic mass is 10.4. The lowest BCUT2D eigenvalue weighted by molar-refractivity contribution is -0.727. The SMILES string of the molecule is C/C=C/C([N+](=O)[O-])[N+](=O)[O-]. The van der Waals surface area contributed by atoms with Crippen LogP contribution in [0.1, 0.15) is 6.92 Å². The van der Waals surface area contributed by atoms with E-state index in [9.17, 15) is 20.2 Å². The van der Waals surface area contributed by atoms with Crippen LogP contribution in [0, 0.1) is 20.2 Å². The molecule has 0 N–H and O–H groups in total. The Bertz CT molecular complexity index is 162. The van der Waals surface area contributed by atoms with Crippen LogP contribution in [0.4, 0.5) is 0 Å². The van der Waals surface area contributed by atoms with Crippen molar-refractivity contribution in [2.75, 3.05) is 0 Å². The molecule has 0 saturated heterocycles. The summed E-state index contributed by atoms with van der Waals surface area (Å²) in [5, 5.41) is 19.7. The third-order valence-corrected chi connectivity index (χ3v) is 0.797. The first-order valence-electron chi connectivity index (χ1n) is 2.49. The Hall–Kier alpha value is -1.46. The minimum Gasteiger partial charge on any atom is -0.258 e. The maximum atomic E-state index is 9.84. The van der Waals surface area contributed by atoms with E-state index in [4.69, 9.17) is 0 Å². The Morgan fingerprint density at radius 1 is 1.30 bits per heavy atom. The van der Waals surface area contributed by atoms with E-state index in [0.717, 1.165) is 6.08 Å². The molecule has 0 atom stereocenters. The smallest absolute Gasteiger partial charge is 0.258 e. The summed E-state index contributed by atoms with van der Waals surface area (Å²) >= 11 is 0. The van der Waals surface area contributed by atoms with E-state index in [1.807, 2.05) is 0 Å². The van der Waals surface area contributed by atoms with Crippen molar-refractivity contribution in [3.63, 3.8) is 0 Å². The van der Waals surface area contributed by atoms with Gasteiger partial charge in [0.2, 0.25) is 0 Å². The molecule has 0 rings (SSSR count). The van der Waals surface area contributed by atoms with Crippen LogP contribution in [0.5, 0.6) is 0 Å². The van der Waals surface area contributed by atoms with Gasteiger partial charge in [-0.3, -0.25) is 20.2 Å². The molecule has 0 aliphatic carbocycles. The standard InChI is InChI=1S/C4H6N2O4/c1-2-3-4(5(7)8)6(9)10/h2-4H,1H3/b3-2+. The van der Waals surface area contributed by atoms with Gasteiger partial charge >= 0.3 is 6.17 Å². The molecule has 0 heterocycles. The summed E-state index contributed by atoms with van der Waals surface area (Å²) in [6, 6.07) is 0. The van der Waals surface area contributed by atoms with Gasteiger partial charge in [0.05, 0.1) is 6.08 Å². The molecule has 0 unspecified atom stereocenters. The number of hydrogen-bond acceptors (Lipinski definition) is 4. The van der Waals surface area contributed by atoms with Crippen LogP contribution in [-0.2, 0) is 0 Å². The normalized spacial score (nSPS) is 10.6. The Morgan fingerprint density at radius 3 is 1.80 bits per heavy atom. The highest BCUT2D eigenvalue weighted by Gasteiger charge is 2.27. The molecule has 0 bridgehead atoms. The van der Waals surface area contributed by atoms with Gasteiger partial charge in [-0.05, 0) is 6.92 Å². The minimum absolute atomic E-state index is 0.917. The summed E-state index contributed by atoms with van der Waals surface area (Å²) in [5.41, 5.74) is 0. The number of nitrogens with zero attached hydrogens (tertiary/aromatic N) is 2. The topological polar surface area (TPSA) is 86.3 Å². The molecule has 0 aromatic rings. The Kier molecular flexibility index (Phi) is 3.03. The summed E-state index contributed by atoms with van der Waals surface area (Å²) in [7, 11) is 0. The van der Waals surface area contributed by atoms with Crippen LogP contribution in [0.15, 0.2) is 12.2 Å². The van der Waals surface area contributed by atoms with Gasteiger partial charge in [-0.25, -0.2) is 0 Å². The van der Waals surface area contributed by atoms with Crippen molar-refractivity contribution in [1.29, 1.82) is 0 Å². The zero-order valence-electron chi connectivity index (χ0n) is 5.26. The predicted molar refractivity (Wildman–Crippen MR) is 32.6 cm³/mol. The fraction of sp³-hybridized carbons (Fsp3) is 0.500. The predicted octanol–water partition coefficient (Wildman–Crippen LogP) is 0.442. The highest BCUT2D eigenvalue weighted by Crippen LogP contribution is 1.92. The average molecular weight is 146 g/mol. The summed E-state index contributed by atoms with van der Waals surface area (Å²) < 4.78 is 0. The summed E-state index contributed by atoms with van der Waals surface area (Å²) in [5.74, 6) is 0. The first-order valence-corrected chi connectivity index (χ1v) is 2.49. The molecule has 0 spiro atoms. The molecule has 0 aromatic heterocycles. The molecular weight excluding hydrogens is 140 g/mol. The highest BCUT2D eigenvalue weighted by atomic mass is 16.7. The second-order valence-corrected chi connectivity index (χ2v) is 1.51. The van der Waals surface area contributed by atoms with Crippen molar-refractivity contribution in [3.05, 3.63) is 32.4 Å². The zero-order chi connectivity index (χ0) is 8.15. The van der Waals surface area contributed by atoms with E-state index in [2.05, 4.69) is 0 Å². The number of hydrogen-bond donors (Lipinski definition) is 0. The highest BCUT2D eigenvalue weighted by molar-refractivity contribution is 4.79. The minimum atomic E-state index is -1.80. The molecule has 0 fully saturated rings. The van der Waals surface area contributed by atoms with Crippen molar-refractivity contribution < 1.29 is 9.85 Å². The van der Waals surface area contributed by atoms with E-state index in [0.29, 0.717) is 0 Å². The van der Waals surface area contributed by atoms with Crippen molar-refractivity contribution in [3.8, 4) is 0 Å². The maximum Gasteiger partial charge on any atom is 0.469 e. The molecule has 6 heteroatoms. The third kappa shape index (κ3) is 2.21. The summed E-state index contributed by atoms with van der Waals surface area (Å²) in [6.45, 7) is 1.49. The van der Waals surface area contributed by atoms with Gasteiger partial charge in [0.25, 0.3) is 0 Å². The first kappa shape index (κ1) is 8.54. The van der Waals surface area contributed by atoms with Gasteiger partial charge in [0.1, 0.15) is 9.85 Å². The lowest BCUT2D eigenvalue weighted by Gasteiger charge is -1.93. The Balaban J connectivity index is 4.27. The van der Waals surface area contributed by atoms with Gasteiger partial charge in [0, 0.05) is 0 Å². The largest absolute Gasteiger partial charge is 0.469 e. The number of allylic oxidation sites excluding steroid dienone is 1. The average Bonchev–Trinajstić information content (AvgIpc) is 1.81. The monoisotopic (exact) mass is 146 g/mol. The van der Waals surface area contributed by atoms with Crippen LogP contribution < -0.4 is 0 Å². The van der Waals surface area contributed by atoms with E-state index in [1.165, 1.54) is 13.0 Å². The second-order valence-electron chi connectivity index (χ2n) is 1.51. The summed E-state index contributed by atoms with van der Waals surface area (Å²) in [6.07, 6.45) is 0.390. The zero-order valence-corrected chi connectivity index (χ0v) is 5.26. The van der Waals surface area contributed by atoms with Crippen LogP contribution in [-0.4, -0.2) is 16.0 Å². The van der Waals surface area contributed by atoms with Crippen LogP contribution in [0.3, 0.4) is 0 Å². The Labute approximate surface area is 56.5 Å². The molecule has 0 saturated carbocycles. The molecule has 0 aliphatic rings. The van der Waals surface area contributed by atoms with Gasteiger partial charge in [-0.15, -0.1) is 0 Å². The number of rotatable bonds is 3. The lowest BCUT2D eigenvalue weighted by Crippen LogP contribution is -2.25. The molecule has 0 radical (unpaired) electrons. The van der Waals surface area contributed by atoms with Crippen LogP contribution in [0.2, 0.25) is 0 Å². The molecule has 0 aromatic carbocycles. The fourth-order valence-corrected chi connectivity index (χ4v) is 0.390. The van der Waals surface area contributed by atoms with E-state index < -0.39 is 16.0 Å². The van der Waals surface area contributed by atoms with Crippen LogP contribution in [0.25, 0.3) is 0 Å². The molecular formula is C4H6N2O4. The van der Waals surface area contributed by atoms with E-state index in [1.54, 1.807) is 0 Å². The molecule has 0 amide bonds. The Morgan fingerprint density at radius 2 is 1.70 bits per heavy atom. The molecule has 10 heavy (non-hydrogen) atoms. The maximum absolute atomic E-state index is 9.84. The van der Waals surface area contributed by atoms with Crippen molar-refractivity contribution in [2.45, 2.75) is 13.1 Å². The van der Waals surface area contributed by atoms with Crippen molar-refractivity contribution in [2.24, 2.45) is 0 Å². The second kappa shape index (κ2) is 3.54. The summed E-state index contributed by atoms with van der Waals surface area (Å²) in [4.78, 5) is 17.8. The van der Waals surface area contributed by atoms with Gasteiger partial charge < -0.3 is 0 Å². The third-order valence-electron chi connectivity index (χ3n) is 0.797. The first-order chi connectivity index (χ1) is 4.59. The molecule has 6 nitrogen and oxygen atoms in total. The van der Waals surface area contributed by atoms with E-state index in [-0.39, 0.29) is 0 Å².